The molecule has 3 rings (SSSR count). The molecule has 29 heavy (non-hydrogen) atoms. The number of carbonyl (C=O) groups excluding carboxylic acids is 1. The molecule has 3 unspecified atom stereocenters. The molecule has 159 valence electrons. The average molecular weight is 540 g/mol. The number of ether oxygens (including phenoxy) is 1. The Hall–Kier alpha value is 0.194. The van der Waals surface area contributed by atoms with Crippen LogP contribution in [0.4, 0.5) is 5.69 Å². The van der Waals surface area contributed by atoms with Crippen molar-refractivity contribution in [2.75, 3.05) is 18.1 Å². The zero-order valence-corrected chi connectivity index (χ0v) is 21.9. The van der Waals surface area contributed by atoms with E-state index >= 15 is 0 Å². The summed E-state index contributed by atoms with van der Waals surface area (Å²) in [6.45, 7) is 7.21. The molecule has 1 amide bonds. The summed E-state index contributed by atoms with van der Waals surface area (Å²) in [5, 5.41) is 11.0. The smallest absolute Gasteiger partial charge is 0.228 e. The second kappa shape index (κ2) is 11.7. The van der Waals surface area contributed by atoms with Crippen molar-refractivity contribution < 1.29 is 47.3 Å². The van der Waals surface area contributed by atoms with E-state index in [1.165, 1.54) is 6.42 Å². The van der Waals surface area contributed by atoms with Crippen LogP contribution in [0.5, 0.6) is 0 Å². The standard InChI is InChI=1S/C23H33BrNO3.Y/c1-3-5-14-28-16-20-19(24)15-21(26)25(20)18-9-7-17(8-10-18)22(27)23(11-4-2)12-6-13-23;/h7-10,19-20,22,27H,1,3-6,11-16H2,2H3;/q-1;. The van der Waals surface area contributed by atoms with E-state index < -0.39 is 6.10 Å². The van der Waals surface area contributed by atoms with Gasteiger partial charge in [-0.05, 0) is 37.0 Å². The van der Waals surface area contributed by atoms with Gasteiger partial charge in [-0.1, -0.05) is 54.2 Å². The topological polar surface area (TPSA) is 49.8 Å². The SMILES string of the molecule is [CH2-]CCCOCC1C(Br)CC(=O)N1c1ccc(C(O)C2(CCC)CCC2)cc1.[Y]. The Morgan fingerprint density at radius 2 is 2.03 bits per heavy atom. The molecule has 0 bridgehead atoms. The zero-order valence-electron chi connectivity index (χ0n) is 17.5. The number of halogens is 1. The normalized spacial score (nSPS) is 24.1. The number of alkyl halides is 1. The quantitative estimate of drug-likeness (QED) is 0.253. The minimum Gasteiger partial charge on any atom is -0.388 e. The van der Waals surface area contributed by atoms with Crippen LogP contribution < -0.4 is 4.90 Å². The van der Waals surface area contributed by atoms with Gasteiger partial charge in [0.25, 0.3) is 0 Å². The number of rotatable bonds is 10. The number of amides is 1. The molecule has 1 heterocycles. The maximum atomic E-state index is 12.6. The molecule has 2 fully saturated rings. The van der Waals surface area contributed by atoms with Gasteiger partial charge >= 0.3 is 0 Å². The minimum atomic E-state index is -0.421. The first-order valence-electron chi connectivity index (χ1n) is 10.6. The first kappa shape index (κ1) is 25.5. The molecule has 3 atom stereocenters. The van der Waals surface area contributed by atoms with E-state index in [-0.39, 0.29) is 54.9 Å². The van der Waals surface area contributed by atoms with Crippen molar-refractivity contribution >= 4 is 27.5 Å². The molecule has 0 aromatic heterocycles. The third kappa shape index (κ3) is 5.71. The number of unbranched alkanes of at least 4 members (excludes halogenated alkanes) is 1. The molecule has 1 aliphatic heterocycles. The van der Waals surface area contributed by atoms with Crippen molar-refractivity contribution in [2.24, 2.45) is 5.41 Å². The van der Waals surface area contributed by atoms with Crippen molar-refractivity contribution in [2.45, 2.75) is 75.3 Å². The number of hydrogen-bond donors (Lipinski definition) is 1. The van der Waals surface area contributed by atoms with Crippen molar-refractivity contribution in [3.05, 3.63) is 36.8 Å². The molecule has 1 N–H and O–H groups in total. The van der Waals surface area contributed by atoms with Crippen LogP contribution in [0.15, 0.2) is 24.3 Å². The number of aliphatic hydroxyl groups excluding tert-OH is 1. The maximum Gasteiger partial charge on any atom is 0.228 e. The molecule has 0 spiro atoms. The van der Waals surface area contributed by atoms with Crippen LogP contribution in [0.1, 0.15) is 70.0 Å². The third-order valence-corrected chi connectivity index (χ3v) is 7.31. The summed E-state index contributed by atoms with van der Waals surface area (Å²) >= 11 is 3.66. The molecule has 4 nitrogen and oxygen atoms in total. The number of benzene rings is 1. The molecule has 1 aliphatic carbocycles. The Bertz CT molecular complexity index is 650. The van der Waals surface area contributed by atoms with Crippen LogP contribution in [-0.2, 0) is 42.2 Å². The van der Waals surface area contributed by atoms with Crippen LogP contribution >= 0.6 is 15.9 Å². The molecule has 1 aromatic rings. The van der Waals surface area contributed by atoms with Gasteiger partial charge in [-0.3, -0.25) is 4.79 Å². The van der Waals surface area contributed by atoms with Gasteiger partial charge in [-0.25, -0.2) is 0 Å². The van der Waals surface area contributed by atoms with E-state index in [2.05, 4.69) is 29.8 Å². The maximum absolute atomic E-state index is 12.6. The number of aliphatic hydroxyl groups is 1. The average Bonchev–Trinajstić information content (AvgIpc) is 2.94. The molecular formula is C23H33BrNO3Y-. The van der Waals surface area contributed by atoms with Crippen LogP contribution in [0, 0.1) is 12.3 Å². The zero-order chi connectivity index (χ0) is 20.1. The van der Waals surface area contributed by atoms with Crippen molar-refractivity contribution in [3.63, 3.8) is 0 Å². The van der Waals surface area contributed by atoms with Gasteiger partial charge in [0, 0.05) is 61.7 Å². The first-order chi connectivity index (χ1) is 13.5. The predicted octanol–water partition coefficient (Wildman–Crippen LogP) is 5.19. The second-order valence-electron chi connectivity index (χ2n) is 8.29. The van der Waals surface area contributed by atoms with E-state index in [1.54, 1.807) is 0 Å². The van der Waals surface area contributed by atoms with Crippen LogP contribution in [0.3, 0.4) is 0 Å². The Morgan fingerprint density at radius 1 is 1.34 bits per heavy atom. The monoisotopic (exact) mass is 539 g/mol. The molecular weight excluding hydrogens is 507 g/mol. The first-order valence-corrected chi connectivity index (χ1v) is 11.5. The van der Waals surface area contributed by atoms with Crippen molar-refractivity contribution in [1.82, 2.24) is 0 Å². The molecule has 2 aliphatic rings. The fraction of sp³-hybridized carbons (Fsp3) is 0.652. The van der Waals surface area contributed by atoms with Crippen LogP contribution in [0.2, 0.25) is 0 Å². The Morgan fingerprint density at radius 3 is 2.59 bits per heavy atom. The summed E-state index contributed by atoms with van der Waals surface area (Å²) < 4.78 is 5.78. The number of nitrogens with zero attached hydrogens (tertiary/aromatic N) is 1. The van der Waals surface area contributed by atoms with Crippen molar-refractivity contribution in [1.29, 1.82) is 0 Å². The number of carbonyl (C=O) groups is 1. The molecule has 6 heteroatoms. The summed E-state index contributed by atoms with van der Waals surface area (Å²) in [4.78, 5) is 14.5. The molecule has 1 saturated carbocycles. The largest absolute Gasteiger partial charge is 0.388 e. The van der Waals surface area contributed by atoms with Gasteiger partial charge in [0.1, 0.15) is 0 Å². The van der Waals surface area contributed by atoms with Gasteiger partial charge in [-0.2, -0.15) is 6.42 Å². The Kier molecular flexibility index (Phi) is 10.3. The summed E-state index contributed by atoms with van der Waals surface area (Å²) in [5.74, 6) is 0.113. The van der Waals surface area contributed by atoms with E-state index in [4.69, 9.17) is 4.74 Å². The Labute approximate surface area is 209 Å². The Balaban J connectivity index is 0.00000300. The van der Waals surface area contributed by atoms with Gasteiger partial charge < -0.3 is 21.7 Å². The van der Waals surface area contributed by atoms with Gasteiger partial charge in [0.05, 0.1) is 18.8 Å². The fourth-order valence-corrected chi connectivity index (χ4v) is 5.30. The molecule has 1 saturated heterocycles. The number of anilines is 1. The molecule has 1 aromatic carbocycles. The van der Waals surface area contributed by atoms with Gasteiger partial charge in [0.2, 0.25) is 5.91 Å². The van der Waals surface area contributed by atoms with Crippen LogP contribution in [-0.4, -0.2) is 35.1 Å². The van der Waals surface area contributed by atoms with E-state index in [0.717, 1.165) is 49.8 Å². The fourth-order valence-electron chi connectivity index (χ4n) is 4.63. The molecule has 1 radical (unpaired) electrons. The van der Waals surface area contributed by atoms with E-state index in [1.807, 2.05) is 29.2 Å². The van der Waals surface area contributed by atoms with Crippen LogP contribution in [0.25, 0.3) is 0 Å². The summed E-state index contributed by atoms with van der Waals surface area (Å²) in [5.41, 5.74) is 1.89. The van der Waals surface area contributed by atoms with E-state index in [9.17, 15) is 9.90 Å². The minimum absolute atomic E-state index is 0. The predicted molar refractivity (Wildman–Crippen MR) is 117 cm³/mol. The third-order valence-electron chi connectivity index (χ3n) is 6.38. The number of hydrogen-bond acceptors (Lipinski definition) is 3. The van der Waals surface area contributed by atoms with Crippen molar-refractivity contribution in [3.8, 4) is 0 Å². The summed E-state index contributed by atoms with van der Waals surface area (Å²) in [6, 6.07) is 7.92. The summed E-state index contributed by atoms with van der Waals surface area (Å²) in [6.07, 6.45) is 7.42. The van der Waals surface area contributed by atoms with E-state index in [0.29, 0.717) is 19.6 Å². The summed E-state index contributed by atoms with van der Waals surface area (Å²) in [7, 11) is 0. The second-order valence-corrected chi connectivity index (χ2v) is 9.47. The van der Waals surface area contributed by atoms with Gasteiger partial charge in [0.15, 0.2) is 0 Å². The van der Waals surface area contributed by atoms with Gasteiger partial charge in [-0.15, -0.1) is 0 Å².